The van der Waals surface area contributed by atoms with Crippen molar-refractivity contribution in [1.29, 1.82) is 0 Å². The second-order valence-electron chi connectivity index (χ2n) is 7.35. The molecule has 2 radical (unpaired) electrons. The van der Waals surface area contributed by atoms with Gasteiger partial charge in [-0.2, -0.15) is 0 Å². The second-order valence-corrected chi connectivity index (χ2v) is 7.35. The molecule has 0 fully saturated rings. The molecule has 0 bridgehead atoms. The fraction of sp³-hybridized carbons (Fsp3) is 0.750. The van der Waals surface area contributed by atoms with Gasteiger partial charge in [-0.3, -0.25) is 19.2 Å². The van der Waals surface area contributed by atoms with Crippen molar-refractivity contribution < 1.29 is 23.9 Å². The molecule has 2 amide bonds. The lowest BCUT2D eigenvalue weighted by Crippen LogP contribution is -2.59. The van der Waals surface area contributed by atoms with Gasteiger partial charge < -0.3 is 15.0 Å². The maximum atomic E-state index is 12.5. The van der Waals surface area contributed by atoms with Gasteiger partial charge in [-0.25, -0.2) is 0 Å². The monoisotopic (exact) mass is 338 g/mol. The molecule has 24 heavy (non-hydrogen) atoms. The van der Waals surface area contributed by atoms with Gasteiger partial charge in [0, 0.05) is 7.05 Å². The molecule has 0 aromatic heterocycles. The van der Waals surface area contributed by atoms with Gasteiger partial charge in [0.1, 0.15) is 11.0 Å². The first-order valence-electron chi connectivity index (χ1n) is 7.62. The van der Waals surface area contributed by atoms with Crippen LogP contribution in [0.2, 0.25) is 0 Å². The van der Waals surface area contributed by atoms with Gasteiger partial charge in [0.05, 0.1) is 7.85 Å². The Kier molecular flexibility index (Phi) is 6.79. The van der Waals surface area contributed by atoms with Crippen LogP contribution in [0.1, 0.15) is 48.5 Å². The van der Waals surface area contributed by atoms with E-state index in [-0.39, 0.29) is 12.2 Å². The molecule has 0 aliphatic carbocycles. The predicted octanol–water partition coefficient (Wildman–Crippen LogP) is 0.403. The second kappa shape index (κ2) is 7.36. The maximum absolute atomic E-state index is 12.5. The molecule has 0 unspecified atom stereocenters. The van der Waals surface area contributed by atoms with Crippen molar-refractivity contribution in [3.05, 3.63) is 0 Å². The molecule has 0 saturated heterocycles. The Balaban J connectivity index is 5.24. The first-order valence-corrected chi connectivity index (χ1v) is 7.62. The standard InChI is InChI=1S/C16H27BN2O5/c1-10(20)16(6,7)24-13(23)14(2,3)11(21)18-15(4,5)12(22)19(8)9-17/h9H2,1-8H3,(H,18,21). The smallest absolute Gasteiger partial charge is 0.322 e. The van der Waals surface area contributed by atoms with Crippen molar-refractivity contribution in [2.24, 2.45) is 5.41 Å². The highest BCUT2D eigenvalue weighted by atomic mass is 16.6. The van der Waals surface area contributed by atoms with Crippen molar-refractivity contribution >= 4 is 31.4 Å². The van der Waals surface area contributed by atoms with E-state index in [1.165, 1.54) is 60.4 Å². The average Bonchev–Trinajstić information content (AvgIpc) is 2.44. The Morgan fingerprint density at radius 3 is 1.88 bits per heavy atom. The number of likely N-dealkylation sites (N-methyl/N-ethyl adjacent to an activating group) is 1. The predicted molar refractivity (Wildman–Crippen MR) is 90.2 cm³/mol. The van der Waals surface area contributed by atoms with Crippen molar-refractivity contribution in [3.8, 4) is 0 Å². The van der Waals surface area contributed by atoms with Gasteiger partial charge in [0.15, 0.2) is 11.4 Å². The van der Waals surface area contributed by atoms with Crippen molar-refractivity contribution in [1.82, 2.24) is 10.2 Å². The molecule has 0 rings (SSSR count). The summed E-state index contributed by atoms with van der Waals surface area (Å²) in [6.07, 6.45) is -0.00360. The number of carbonyl (C=O) groups excluding carboxylic acids is 4. The molecule has 0 spiro atoms. The molecule has 1 N–H and O–H groups in total. The summed E-state index contributed by atoms with van der Waals surface area (Å²) in [7, 11) is 6.92. The number of hydrogen-bond acceptors (Lipinski definition) is 5. The van der Waals surface area contributed by atoms with Crippen LogP contribution in [-0.4, -0.2) is 60.9 Å². The van der Waals surface area contributed by atoms with E-state index in [1.807, 2.05) is 0 Å². The maximum Gasteiger partial charge on any atom is 0.322 e. The highest BCUT2D eigenvalue weighted by Gasteiger charge is 2.44. The summed E-state index contributed by atoms with van der Waals surface area (Å²) >= 11 is 0. The van der Waals surface area contributed by atoms with Gasteiger partial charge in [0.2, 0.25) is 11.8 Å². The largest absolute Gasteiger partial charge is 0.451 e. The molecule has 8 heteroatoms. The van der Waals surface area contributed by atoms with E-state index in [2.05, 4.69) is 5.32 Å². The minimum Gasteiger partial charge on any atom is -0.451 e. The highest BCUT2D eigenvalue weighted by Crippen LogP contribution is 2.24. The van der Waals surface area contributed by atoms with Crippen molar-refractivity contribution in [2.75, 3.05) is 13.5 Å². The number of amides is 2. The summed E-state index contributed by atoms with van der Waals surface area (Å²) in [4.78, 5) is 49.8. The van der Waals surface area contributed by atoms with Gasteiger partial charge in [-0.15, -0.1) is 0 Å². The fourth-order valence-corrected chi connectivity index (χ4v) is 1.58. The van der Waals surface area contributed by atoms with Crippen LogP contribution in [0.5, 0.6) is 0 Å². The summed E-state index contributed by atoms with van der Waals surface area (Å²) < 4.78 is 5.16. The van der Waals surface area contributed by atoms with Crippen LogP contribution in [0.15, 0.2) is 0 Å². The Morgan fingerprint density at radius 1 is 1.04 bits per heavy atom. The van der Waals surface area contributed by atoms with Gasteiger partial charge in [0.25, 0.3) is 0 Å². The molecule has 0 saturated carbocycles. The zero-order valence-electron chi connectivity index (χ0n) is 15.8. The van der Waals surface area contributed by atoms with Gasteiger partial charge in [-0.05, 0) is 54.9 Å². The van der Waals surface area contributed by atoms with E-state index in [9.17, 15) is 19.2 Å². The van der Waals surface area contributed by atoms with E-state index in [0.717, 1.165) is 0 Å². The Hall–Kier alpha value is -1.86. The van der Waals surface area contributed by atoms with Gasteiger partial charge >= 0.3 is 5.97 Å². The molecule has 0 heterocycles. The van der Waals surface area contributed by atoms with E-state index < -0.39 is 34.3 Å². The number of nitrogens with zero attached hydrogens (tertiary/aromatic N) is 1. The molecule has 0 aromatic carbocycles. The van der Waals surface area contributed by atoms with Crippen LogP contribution in [-0.2, 0) is 23.9 Å². The zero-order chi connectivity index (χ0) is 19.5. The summed E-state index contributed by atoms with van der Waals surface area (Å²) in [6, 6.07) is 0. The molecule has 0 aliphatic rings. The normalized spacial score (nSPS) is 12.3. The van der Waals surface area contributed by atoms with Crippen LogP contribution in [0, 0.1) is 5.41 Å². The number of carbonyl (C=O) groups is 4. The summed E-state index contributed by atoms with van der Waals surface area (Å²) in [5.41, 5.74) is -4.16. The third kappa shape index (κ3) is 5.07. The SMILES string of the molecule is [B]CN(C)C(=O)C(C)(C)NC(=O)C(C)(C)C(=O)OC(C)(C)C(C)=O. The van der Waals surface area contributed by atoms with Crippen LogP contribution in [0.3, 0.4) is 0 Å². The lowest BCUT2D eigenvalue weighted by atomic mass is 9.89. The Morgan fingerprint density at radius 2 is 1.50 bits per heavy atom. The van der Waals surface area contributed by atoms with Gasteiger partial charge in [-0.1, -0.05) is 0 Å². The summed E-state index contributed by atoms with van der Waals surface area (Å²) in [5.74, 6) is -2.27. The average molecular weight is 338 g/mol. The molecule has 134 valence electrons. The lowest BCUT2D eigenvalue weighted by molar-refractivity contribution is -0.174. The quantitative estimate of drug-likeness (QED) is 0.412. The highest BCUT2D eigenvalue weighted by molar-refractivity contribution is 6.10. The molecular weight excluding hydrogens is 311 g/mol. The number of rotatable bonds is 7. The van der Waals surface area contributed by atoms with E-state index >= 15 is 0 Å². The molecule has 0 aliphatic heterocycles. The number of nitrogens with one attached hydrogen (secondary N) is 1. The number of esters is 1. The Labute approximate surface area is 144 Å². The van der Waals surface area contributed by atoms with E-state index in [1.54, 1.807) is 0 Å². The third-order valence-corrected chi connectivity index (χ3v) is 3.85. The lowest BCUT2D eigenvalue weighted by Gasteiger charge is -2.34. The summed E-state index contributed by atoms with van der Waals surface area (Å²) in [5, 5.41) is 2.54. The number of hydrogen-bond donors (Lipinski definition) is 1. The number of ketones is 1. The summed E-state index contributed by atoms with van der Waals surface area (Å²) in [6.45, 7) is 9.96. The minimum absolute atomic E-state index is 0.00360. The minimum atomic E-state index is -1.58. The molecule has 0 aromatic rings. The molecular formula is C16H27BN2O5. The third-order valence-electron chi connectivity index (χ3n) is 3.85. The Bertz CT molecular complexity index is 541. The van der Waals surface area contributed by atoms with E-state index in [0.29, 0.717) is 0 Å². The fourth-order valence-electron chi connectivity index (χ4n) is 1.58. The van der Waals surface area contributed by atoms with E-state index in [4.69, 9.17) is 12.6 Å². The number of Topliss-reactive ketones (excluding diaryl/α,β-unsaturated/α-hetero) is 1. The first-order chi connectivity index (χ1) is 10.6. The van der Waals surface area contributed by atoms with Crippen molar-refractivity contribution in [2.45, 2.75) is 59.6 Å². The first kappa shape index (κ1) is 22.1. The molecule has 7 nitrogen and oxygen atoms in total. The molecule has 0 atom stereocenters. The van der Waals surface area contributed by atoms with Crippen molar-refractivity contribution in [3.63, 3.8) is 0 Å². The number of ether oxygens (including phenoxy) is 1. The van der Waals surface area contributed by atoms with Crippen LogP contribution >= 0.6 is 0 Å². The van der Waals surface area contributed by atoms with Crippen LogP contribution < -0.4 is 5.32 Å². The van der Waals surface area contributed by atoms with Crippen LogP contribution in [0.25, 0.3) is 0 Å². The zero-order valence-corrected chi connectivity index (χ0v) is 15.8. The van der Waals surface area contributed by atoms with Crippen LogP contribution in [0.4, 0.5) is 0 Å². The topological polar surface area (TPSA) is 92.8 Å².